The van der Waals surface area contributed by atoms with E-state index in [9.17, 15) is 18.0 Å². The van der Waals surface area contributed by atoms with Gasteiger partial charge in [0.05, 0.1) is 21.8 Å². The Morgan fingerprint density at radius 1 is 1.24 bits per heavy atom. The van der Waals surface area contributed by atoms with Crippen molar-refractivity contribution in [2.24, 2.45) is 0 Å². The van der Waals surface area contributed by atoms with Crippen LogP contribution in [0.5, 0.6) is 0 Å². The fraction of sp³-hybridized carbons (Fsp3) is 0.214. The number of aromatic carboxylic acids is 1. The van der Waals surface area contributed by atoms with Gasteiger partial charge in [-0.15, -0.1) is 0 Å². The Balaban J connectivity index is 2.61. The molecule has 0 radical (unpaired) electrons. The molecule has 0 bridgehead atoms. The van der Waals surface area contributed by atoms with E-state index in [4.69, 9.17) is 16.7 Å². The Hall–Kier alpha value is -1.95. The predicted molar refractivity (Wildman–Crippen MR) is 72.2 cm³/mol. The van der Waals surface area contributed by atoms with E-state index in [0.29, 0.717) is 17.1 Å². The fourth-order valence-electron chi connectivity index (χ4n) is 2.21. The number of aryl methyl sites for hydroxylation is 1. The molecular formula is C14H11ClF3NO2. The molecule has 0 atom stereocenters. The second-order valence-corrected chi connectivity index (χ2v) is 5.00. The Bertz CT molecular complexity index is 720. The maximum absolute atomic E-state index is 12.6. The van der Waals surface area contributed by atoms with Crippen molar-refractivity contribution in [3.05, 3.63) is 51.8 Å². The largest absolute Gasteiger partial charge is 0.478 e. The zero-order valence-electron chi connectivity index (χ0n) is 11.1. The molecule has 1 aromatic carbocycles. The highest BCUT2D eigenvalue weighted by Crippen LogP contribution is 2.34. The van der Waals surface area contributed by atoms with Gasteiger partial charge in [-0.3, -0.25) is 0 Å². The summed E-state index contributed by atoms with van der Waals surface area (Å²) in [6.07, 6.45) is -4.48. The number of carbonyl (C=O) groups is 1. The van der Waals surface area contributed by atoms with Crippen LogP contribution in [0.3, 0.4) is 0 Å². The minimum atomic E-state index is -4.48. The van der Waals surface area contributed by atoms with E-state index in [1.807, 2.05) is 0 Å². The molecule has 0 fully saturated rings. The lowest BCUT2D eigenvalue weighted by atomic mass is 10.2. The van der Waals surface area contributed by atoms with E-state index in [-0.39, 0.29) is 10.6 Å². The number of halogens is 4. The van der Waals surface area contributed by atoms with Crippen LogP contribution in [0.15, 0.2) is 24.3 Å². The molecule has 0 aliphatic carbocycles. The zero-order valence-corrected chi connectivity index (χ0v) is 11.9. The Morgan fingerprint density at radius 3 is 2.29 bits per heavy atom. The molecule has 2 aromatic rings. The Kier molecular flexibility index (Phi) is 3.76. The predicted octanol–water partition coefficient (Wildman–Crippen LogP) is 4.46. The number of carboxylic acids is 1. The third-order valence-electron chi connectivity index (χ3n) is 3.18. The van der Waals surface area contributed by atoms with Gasteiger partial charge in [-0.2, -0.15) is 13.2 Å². The van der Waals surface area contributed by atoms with Gasteiger partial charge in [0, 0.05) is 11.4 Å². The number of carboxylic acid groups (broad SMARTS) is 1. The maximum atomic E-state index is 12.6. The van der Waals surface area contributed by atoms with E-state index in [1.165, 1.54) is 16.7 Å². The number of aromatic nitrogens is 1. The van der Waals surface area contributed by atoms with Crippen molar-refractivity contribution < 1.29 is 23.1 Å². The first-order chi connectivity index (χ1) is 9.62. The molecule has 1 heterocycles. The van der Waals surface area contributed by atoms with Crippen molar-refractivity contribution in [3.8, 4) is 5.69 Å². The van der Waals surface area contributed by atoms with Crippen molar-refractivity contribution >= 4 is 17.6 Å². The molecular weight excluding hydrogens is 307 g/mol. The van der Waals surface area contributed by atoms with Crippen molar-refractivity contribution in [1.29, 1.82) is 0 Å². The molecule has 3 nitrogen and oxygen atoms in total. The summed E-state index contributed by atoms with van der Waals surface area (Å²) in [5, 5.41) is 8.98. The molecule has 21 heavy (non-hydrogen) atoms. The molecule has 2 rings (SSSR count). The van der Waals surface area contributed by atoms with Crippen molar-refractivity contribution in [2.45, 2.75) is 20.0 Å². The smallest absolute Gasteiger partial charge is 0.416 e. The second-order valence-electron chi connectivity index (χ2n) is 4.59. The molecule has 0 saturated carbocycles. The van der Waals surface area contributed by atoms with Crippen LogP contribution >= 0.6 is 11.6 Å². The lowest BCUT2D eigenvalue weighted by Gasteiger charge is -2.14. The lowest BCUT2D eigenvalue weighted by Crippen LogP contribution is -2.07. The van der Waals surface area contributed by atoms with Gasteiger partial charge in [-0.25, -0.2) is 4.79 Å². The molecule has 7 heteroatoms. The topological polar surface area (TPSA) is 42.2 Å². The van der Waals surface area contributed by atoms with Gasteiger partial charge in [-0.05, 0) is 38.1 Å². The first-order valence-electron chi connectivity index (χ1n) is 5.92. The van der Waals surface area contributed by atoms with Crippen LogP contribution in [0.1, 0.15) is 27.3 Å². The maximum Gasteiger partial charge on any atom is 0.416 e. The quantitative estimate of drug-likeness (QED) is 0.888. The van der Waals surface area contributed by atoms with Crippen molar-refractivity contribution in [2.75, 3.05) is 0 Å². The number of rotatable bonds is 2. The fourth-order valence-corrected chi connectivity index (χ4v) is 2.48. The summed E-state index contributed by atoms with van der Waals surface area (Å²) < 4.78 is 39.4. The average Bonchev–Trinajstić information content (AvgIpc) is 2.64. The van der Waals surface area contributed by atoms with Crippen molar-refractivity contribution in [1.82, 2.24) is 4.57 Å². The standard InChI is InChI=1S/C14H11ClF3NO2/c1-7-5-10(13(20)21)8(2)19(7)12-4-3-9(6-11(12)15)14(16,17)18/h3-6H,1-2H3,(H,20,21). The molecule has 0 aliphatic rings. The third-order valence-corrected chi connectivity index (χ3v) is 3.48. The summed E-state index contributed by atoms with van der Waals surface area (Å²) in [5.41, 5.74) is 0.529. The van der Waals surface area contributed by atoms with Gasteiger partial charge in [0.15, 0.2) is 0 Å². The van der Waals surface area contributed by atoms with E-state index < -0.39 is 17.7 Å². The minimum Gasteiger partial charge on any atom is -0.478 e. The SMILES string of the molecule is Cc1cc(C(=O)O)c(C)n1-c1ccc(C(F)(F)F)cc1Cl. The lowest BCUT2D eigenvalue weighted by molar-refractivity contribution is -0.137. The molecule has 0 unspecified atom stereocenters. The van der Waals surface area contributed by atoms with Gasteiger partial charge in [0.2, 0.25) is 0 Å². The first kappa shape index (κ1) is 15.4. The van der Waals surface area contributed by atoms with Gasteiger partial charge < -0.3 is 9.67 Å². The number of hydrogen-bond donors (Lipinski definition) is 1. The average molecular weight is 318 g/mol. The summed E-state index contributed by atoms with van der Waals surface area (Å²) in [4.78, 5) is 11.1. The monoisotopic (exact) mass is 317 g/mol. The van der Waals surface area contributed by atoms with Crippen LogP contribution in [0.25, 0.3) is 5.69 Å². The van der Waals surface area contributed by atoms with Crippen LogP contribution in [-0.2, 0) is 6.18 Å². The minimum absolute atomic E-state index is 0.0865. The summed E-state index contributed by atoms with van der Waals surface area (Å²) in [7, 11) is 0. The Morgan fingerprint density at radius 2 is 1.86 bits per heavy atom. The summed E-state index contributed by atoms with van der Waals surface area (Å²) in [5.74, 6) is -1.10. The highest BCUT2D eigenvalue weighted by molar-refractivity contribution is 6.32. The highest BCUT2D eigenvalue weighted by Gasteiger charge is 2.31. The Labute approximate surface area is 123 Å². The zero-order chi connectivity index (χ0) is 15.9. The van der Waals surface area contributed by atoms with Gasteiger partial charge in [-0.1, -0.05) is 11.6 Å². The van der Waals surface area contributed by atoms with Gasteiger partial charge >= 0.3 is 12.1 Å². The number of hydrogen-bond acceptors (Lipinski definition) is 1. The van der Waals surface area contributed by atoms with Crippen LogP contribution in [0.2, 0.25) is 5.02 Å². The molecule has 1 N–H and O–H groups in total. The van der Waals surface area contributed by atoms with Gasteiger partial charge in [0.1, 0.15) is 0 Å². The van der Waals surface area contributed by atoms with Crippen LogP contribution in [-0.4, -0.2) is 15.6 Å². The van der Waals surface area contributed by atoms with E-state index in [1.54, 1.807) is 13.8 Å². The second kappa shape index (κ2) is 5.11. The number of benzene rings is 1. The molecule has 0 saturated heterocycles. The molecule has 0 spiro atoms. The van der Waals surface area contributed by atoms with E-state index >= 15 is 0 Å². The molecule has 0 aliphatic heterocycles. The molecule has 0 amide bonds. The van der Waals surface area contributed by atoms with Crippen LogP contribution < -0.4 is 0 Å². The molecule has 1 aromatic heterocycles. The molecule has 112 valence electrons. The number of alkyl halides is 3. The number of nitrogens with zero attached hydrogens (tertiary/aromatic N) is 1. The summed E-state index contributed by atoms with van der Waals surface area (Å²) in [6, 6.07) is 4.43. The van der Waals surface area contributed by atoms with E-state index in [2.05, 4.69) is 0 Å². The summed E-state index contributed by atoms with van der Waals surface area (Å²) >= 11 is 5.93. The highest BCUT2D eigenvalue weighted by atomic mass is 35.5. The van der Waals surface area contributed by atoms with Crippen LogP contribution in [0, 0.1) is 13.8 Å². The normalized spacial score (nSPS) is 11.7. The summed E-state index contributed by atoms with van der Waals surface area (Å²) in [6.45, 7) is 3.23. The van der Waals surface area contributed by atoms with E-state index in [0.717, 1.165) is 12.1 Å². The van der Waals surface area contributed by atoms with Crippen LogP contribution in [0.4, 0.5) is 13.2 Å². The first-order valence-corrected chi connectivity index (χ1v) is 6.30. The third kappa shape index (κ3) is 2.76. The van der Waals surface area contributed by atoms with Gasteiger partial charge in [0.25, 0.3) is 0 Å². The van der Waals surface area contributed by atoms with Crippen molar-refractivity contribution in [3.63, 3.8) is 0 Å².